The third-order valence-electron chi connectivity index (χ3n) is 10.1. The highest BCUT2D eigenvalue weighted by molar-refractivity contribution is 7.26. The molecular weight excluding hydrogens is 649 g/mol. The average molecular weight is 681 g/mol. The van der Waals surface area contributed by atoms with Crippen LogP contribution >= 0.6 is 11.3 Å². The van der Waals surface area contributed by atoms with Crippen LogP contribution in [0.25, 0.3) is 75.4 Å². The summed E-state index contributed by atoms with van der Waals surface area (Å²) in [5.74, 6) is 0. The van der Waals surface area contributed by atoms with Gasteiger partial charge in [0.25, 0.3) is 0 Å². The first-order valence-electron chi connectivity index (χ1n) is 17.6. The smallest absolute Gasteiger partial charge is 0.0788 e. The minimum Gasteiger partial charge on any atom is -0.311 e. The van der Waals surface area contributed by atoms with Crippen LogP contribution in [0.5, 0.6) is 0 Å². The third kappa shape index (κ3) is 5.22. The molecule has 0 radical (unpaired) electrons. The van der Waals surface area contributed by atoms with Gasteiger partial charge >= 0.3 is 0 Å². The molecule has 0 amide bonds. The highest BCUT2D eigenvalue weighted by atomic mass is 32.1. The van der Waals surface area contributed by atoms with Gasteiger partial charge in [0.2, 0.25) is 0 Å². The van der Waals surface area contributed by atoms with Crippen molar-refractivity contribution in [1.29, 1.82) is 0 Å². The van der Waals surface area contributed by atoms with E-state index in [1.807, 2.05) is 11.3 Å². The van der Waals surface area contributed by atoms with E-state index in [4.69, 9.17) is 4.98 Å². The molecule has 0 N–H and O–H groups in total. The van der Waals surface area contributed by atoms with Crippen molar-refractivity contribution in [1.82, 2.24) is 4.98 Å². The van der Waals surface area contributed by atoms with Gasteiger partial charge in [0.15, 0.2) is 0 Å². The van der Waals surface area contributed by atoms with Crippen LogP contribution in [0.1, 0.15) is 0 Å². The number of rotatable bonds is 6. The van der Waals surface area contributed by atoms with E-state index in [-0.39, 0.29) is 0 Å². The number of nitrogens with zero attached hydrogens (tertiary/aromatic N) is 2. The Morgan fingerprint density at radius 2 is 0.827 bits per heavy atom. The van der Waals surface area contributed by atoms with Gasteiger partial charge < -0.3 is 4.90 Å². The van der Waals surface area contributed by atoms with Crippen molar-refractivity contribution in [3.63, 3.8) is 0 Å². The molecular formula is C49H32N2S. The van der Waals surface area contributed by atoms with Gasteiger partial charge in [-0.1, -0.05) is 146 Å². The van der Waals surface area contributed by atoms with E-state index in [0.29, 0.717) is 0 Å². The normalized spacial score (nSPS) is 11.5. The fraction of sp³-hybridized carbons (Fsp3) is 0. The molecule has 0 aliphatic rings. The molecule has 0 saturated heterocycles. The Hall–Kier alpha value is -6.55. The summed E-state index contributed by atoms with van der Waals surface area (Å²) in [6.07, 6.45) is 0. The van der Waals surface area contributed by atoms with Crippen LogP contribution in [0.4, 0.5) is 17.1 Å². The van der Waals surface area contributed by atoms with E-state index in [0.717, 1.165) is 33.8 Å². The summed E-state index contributed by atoms with van der Waals surface area (Å²) >= 11 is 1.88. The zero-order chi connectivity index (χ0) is 34.4. The molecule has 0 atom stereocenters. The van der Waals surface area contributed by atoms with Crippen LogP contribution in [0.15, 0.2) is 194 Å². The number of hydrogen-bond acceptors (Lipinski definition) is 3. The molecule has 10 rings (SSSR count). The van der Waals surface area contributed by atoms with Crippen LogP contribution in [0, 0.1) is 0 Å². The standard InChI is InChI=1S/C49H32N2S/c1-3-11-33(12-4-1)35-23-27-39(28-24-35)51(38-13-5-2-6-14-38)40-29-25-36(26-30-40)34-19-21-37(22-20-34)48-44-32-31-42-41-15-8-10-18-46(41)52-49(42)47(44)43-16-7-9-17-45(43)50-48/h1-32H. The van der Waals surface area contributed by atoms with Gasteiger partial charge in [0, 0.05) is 59.0 Å². The first-order chi connectivity index (χ1) is 25.8. The van der Waals surface area contributed by atoms with Gasteiger partial charge in [-0.2, -0.15) is 0 Å². The topological polar surface area (TPSA) is 16.1 Å². The van der Waals surface area contributed by atoms with Crippen LogP contribution in [0.2, 0.25) is 0 Å². The molecule has 0 fully saturated rings. The van der Waals surface area contributed by atoms with Crippen LogP contribution in [-0.2, 0) is 0 Å². The second kappa shape index (κ2) is 12.6. The molecule has 0 bridgehead atoms. The molecule has 2 aromatic heterocycles. The average Bonchev–Trinajstić information content (AvgIpc) is 3.61. The molecule has 0 aliphatic heterocycles. The zero-order valence-electron chi connectivity index (χ0n) is 28.3. The second-order valence-electron chi connectivity index (χ2n) is 13.1. The number of benzene rings is 8. The molecule has 3 heteroatoms. The predicted molar refractivity (Wildman–Crippen MR) is 223 cm³/mol. The van der Waals surface area contributed by atoms with E-state index >= 15 is 0 Å². The summed E-state index contributed by atoms with van der Waals surface area (Å²) in [4.78, 5) is 7.56. The van der Waals surface area contributed by atoms with Crippen molar-refractivity contribution < 1.29 is 0 Å². The van der Waals surface area contributed by atoms with Crippen LogP contribution < -0.4 is 4.90 Å². The maximum Gasteiger partial charge on any atom is 0.0788 e. The lowest BCUT2D eigenvalue weighted by molar-refractivity contribution is 1.28. The first-order valence-corrected chi connectivity index (χ1v) is 18.4. The maximum absolute atomic E-state index is 5.25. The first kappa shape index (κ1) is 30.3. The van der Waals surface area contributed by atoms with Gasteiger partial charge in [-0.3, -0.25) is 0 Å². The molecule has 2 heterocycles. The van der Waals surface area contributed by atoms with E-state index in [1.54, 1.807) is 0 Å². The fourth-order valence-electron chi connectivity index (χ4n) is 7.52. The molecule has 52 heavy (non-hydrogen) atoms. The Labute approximate surface area is 306 Å². The number of aromatic nitrogens is 1. The van der Waals surface area contributed by atoms with E-state index in [2.05, 4.69) is 199 Å². The van der Waals surface area contributed by atoms with Crippen molar-refractivity contribution in [2.45, 2.75) is 0 Å². The second-order valence-corrected chi connectivity index (χ2v) is 14.2. The number of hydrogen-bond donors (Lipinski definition) is 0. The predicted octanol–water partition coefficient (Wildman–Crippen LogP) is 14.2. The Kier molecular flexibility index (Phi) is 7.37. The lowest BCUT2D eigenvalue weighted by atomic mass is 9.96. The summed E-state index contributed by atoms with van der Waals surface area (Å²) in [5, 5.41) is 6.30. The number of fused-ring (bicyclic) bond motifs is 7. The van der Waals surface area contributed by atoms with E-state index in [1.165, 1.54) is 58.6 Å². The molecule has 10 aromatic rings. The van der Waals surface area contributed by atoms with Crippen LogP contribution in [0.3, 0.4) is 0 Å². The largest absolute Gasteiger partial charge is 0.311 e. The SMILES string of the molecule is c1ccc(-c2ccc(N(c3ccccc3)c3ccc(-c4ccc(-c5nc6ccccc6c6c5ccc5c7ccccc7sc56)cc4)cc3)cc2)cc1. The van der Waals surface area contributed by atoms with Crippen molar-refractivity contribution in [2.75, 3.05) is 4.90 Å². The fourth-order valence-corrected chi connectivity index (χ4v) is 8.78. The lowest BCUT2D eigenvalue weighted by Crippen LogP contribution is -2.09. The summed E-state index contributed by atoms with van der Waals surface area (Å²) in [7, 11) is 0. The summed E-state index contributed by atoms with van der Waals surface area (Å²) in [5.41, 5.74) is 11.3. The molecule has 8 aromatic carbocycles. The molecule has 0 spiro atoms. The van der Waals surface area contributed by atoms with Gasteiger partial charge in [-0.15, -0.1) is 11.3 Å². The Bertz CT molecular complexity index is 2860. The van der Waals surface area contributed by atoms with Gasteiger partial charge in [-0.05, 0) is 70.8 Å². The molecule has 244 valence electrons. The van der Waals surface area contributed by atoms with Gasteiger partial charge in [-0.25, -0.2) is 4.98 Å². The maximum atomic E-state index is 5.25. The molecule has 0 unspecified atom stereocenters. The number of pyridine rings is 1. The summed E-state index contributed by atoms with van der Waals surface area (Å²) < 4.78 is 2.64. The summed E-state index contributed by atoms with van der Waals surface area (Å²) in [6, 6.07) is 69.5. The molecule has 2 nitrogen and oxygen atoms in total. The minimum atomic E-state index is 1.02. The Balaban J connectivity index is 1.01. The minimum absolute atomic E-state index is 1.02. The van der Waals surface area contributed by atoms with E-state index in [9.17, 15) is 0 Å². The summed E-state index contributed by atoms with van der Waals surface area (Å²) in [6.45, 7) is 0. The monoisotopic (exact) mass is 680 g/mol. The van der Waals surface area contributed by atoms with E-state index < -0.39 is 0 Å². The van der Waals surface area contributed by atoms with Gasteiger partial charge in [0.1, 0.15) is 0 Å². The van der Waals surface area contributed by atoms with Crippen molar-refractivity contribution in [3.05, 3.63) is 194 Å². The quantitative estimate of drug-likeness (QED) is 0.163. The number of anilines is 3. The Morgan fingerprint density at radius 1 is 0.346 bits per heavy atom. The molecule has 0 saturated carbocycles. The molecule has 0 aliphatic carbocycles. The number of para-hydroxylation sites is 2. The van der Waals surface area contributed by atoms with Crippen molar-refractivity contribution in [2.24, 2.45) is 0 Å². The lowest BCUT2D eigenvalue weighted by Gasteiger charge is -2.26. The number of thiophene rings is 1. The Morgan fingerprint density at radius 3 is 1.50 bits per heavy atom. The highest BCUT2D eigenvalue weighted by Crippen LogP contribution is 2.43. The van der Waals surface area contributed by atoms with Crippen molar-refractivity contribution >= 4 is 70.2 Å². The van der Waals surface area contributed by atoms with Crippen LogP contribution in [-0.4, -0.2) is 4.98 Å². The zero-order valence-corrected chi connectivity index (χ0v) is 29.1. The van der Waals surface area contributed by atoms with Crippen molar-refractivity contribution in [3.8, 4) is 33.5 Å². The third-order valence-corrected chi connectivity index (χ3v) is 11.3. The highest BCUT2D eigenvalue weighted by Gasteiger charge is 2.17. The van der Waals surface area contributed by atoms with Gasteiger partial charge in [0.05, 0.1) is 11.2 Å².